The number of amides is 2. The second kappa shape index (κ2) is 14.4. The van der Waals surface area contributed by atoms with Crippen molar-refractivity contribution in [2.45, 2.75) is 69.5 Å². The highest BCUT2D eigenvalue weighted by Gasteiger charge is 2.34. The summed E-state index contributed by atoms with van der Waals surface area (Å²) in [7, 11) is -1.06. The number of hydrogen-bond acceptors (Lipinski definition) is 6. The normalized spacial score (nSPS) is 14.1. The lowest BCUT2D eigenvalue weighted by Crippen LogP contribution is -2.53. The van der Waals surface area contributed by atoms with Crippen LogP contribution in [0, 0.1) is 6.92 Å². The predicted octanol–water partition coefficient (Wildman–Crippen LogP) is 5.07. The molecule has 4 rings (SSSR count). The maximum Gasteiger partial charge on any atom is 0.264 e. The molecule has 1 saturated carbocycles. The molecule has 1 unspecified atom stereocenters. The van der Waals surface area contributed by atoms with Gasteiger partial charge >= 0.3 is 0 Å². The molecule has 0 radical (unpaired) electrons. The van der Waals surface area contributed by atoms with Crippen LogP contribution < -0.4 is 19.1 Å². The molecule has 0 spiro atoms. The fourth-order valence-corrected chi connectivity index (χ4v) is 6.78. The summed E-state index contributed by atoms with van der Waals surface area (Å²) in [6.45, 7) is 3.33. The van der Waals surface area contributed by atoms with Crippen molar-refractivity contribution in [3.63, 3.8) is 0 Å². The highest BCUT2D eigenvalue weighted by atomic mass is 32.2. The molecule has 0 heterocycles. The second-order valence-electron chi connectivity index (χ2n) is 10.8. The number of hydrogen-bond donors (Lipinski definition) is 1. The summed E-state index contributed by atoms with van der Waals surface area (Å²) < 4.78 is 39.8. The van der Waals surface area contributed by atoms with Crippen LogP contribution in [0.4, 0.5) is 5.69 Å². The monoisotopic (exact) mass is 607 g/mol. The molecule has 2 amide bonds. The summed E-state index contributed by atoms with van der Waals surface area (Å²) in [6.07, 6.45) is 4.30. The minimum atomic E-state index is -4.15. The highest BCUT2D eigenvalue weighted by molar-refractivity contribution is 7.92. The SMILES string of the molecule is CCC(C(=O)NC1CCCC1)N(Cc1cccc(OC)c1)C(=O)CN(c1ccc(OC)cc1)S(=O)(=O)c1ccc(C)cc1. The Bertz CT molecular complexity index is 1490. The lowest BCUT2D eigenvalue weighted by Gasteiger charge is -2.34. The number of benzene rings is 3. The third-order valence-corrected chi connectivity index (χ3v) is 9.61. The molecule has 0 bridgehead atoms. The van der Waals surface area contributed by atoms with E-state index < -0.39 is 28.5 Å². The van der Waals surface area contributed by atoms with Crippen molar-refractivity contribution in [1.82, 2.24) is 10.2 Å². The molecule has 230 valence electrons. The quantitative estimate of drug-likeness (QED) is 0.291. The van der Waals surface area contributed by atoms with E-state index in [4.69, 9.17) is 9.47 Å². The molecule has 3 aromatic rings. The van der Waals surface area contributed by atoms with Gasteiger partial charge in [0, 0.05) is 12.6 Å². The number of nitrogens with one attached hydrogen (secondary N) is 1. The number of ether oxygens (including phenoxy) is 2. The van der Waals surface area contributed by atoms with E-state index in [0.717, 1.165) is 41.1 Å². The molecule has 0 aliphatic heterocycles. The Labute approximate surface area is 254 Å². The zero-order chi connectivity index (χ0) is 31.0. The Morgan fingerprint density at radius 2 is 1.58 bits per heavy atom. The Balaban J connectivity index is 1.72. The van der Waals surface area contributed by atoms with E-state index in [-0.39, 0.29) is 23.4 Å². The summed E-state index contributed by atoms with van der Waals surface area (Å²) in [5, 5.41) is 3.13. The molecular formula is C33H41N3O6S. The Hall–Kier alpha value is -4.05. The molecule has 10 heteroatoms. The largest absolute Gasteiger partial charge is 0.497 e. The Kier molecular flexibility index (Phi) is 10.7. The van der Waals surface area contributed by atoms with Gasteiger partial charge in [-0.3, -0.25) is 13.9 Å². The number of nitrogens with zero attached hydrogens (tertiary/aromatic N) is 2. The zero-order valence-corrected chi connectivity index (χ0v) is 26.1. The molecule has 0 saturated heterocycles. The van der Waals surface area contributed by atoms with Crippen LogP contribution in [0.5, 0.6) is 11.5 Å². The van der Waals surface area contributed by atoms with Gasteiger partial charge in [0.1, 0.15) is 24.1 Å². The smallest absolute Gasteiger partial charge is 0.264 e. The van der Waals surface area contributed by atoms with E-state index in [1.165, 1.54) is 24.1 Å². The minimum Gasteiger partial charge on any atom is -0.497 e. The fourth-order valence-electron chi connectivity index (χ4n) is 5.37. The van der Waals surface area contributed by atoms with Gasteiger partial charge in [-0.25, -0.2) is 8.42 Å². The lowest BCUT2D eigenvalue weighted by atomic mass is 10.1. The zero-order valence-electron chi connectivity index (χ0n) is 25.3. The van der Waals surface area contributed by atoms with Gasteiger partial charge in [-0.05, 0) is 80.3 Å². The average molecular weight is 608 g/mol. The van der Waals surface area contributed by atoms with Crippen LogP contribution in [-0.4, -0.2) is 58.0 Å². The van der Waals surface area contributed by atoms with Gasteiger partial charge in [-0.2, -0.15) is 0 Å². The third kappa shape index (κ3) is 7.87. The molecule has 0 aromatic heterocycles. The van der Waals surface area contributed by atoms with Crippen molar-refractivity contribution in [3.8, 4) is 11.5 Å². The highest BCUT2D eigenvalue weighted by Crippen LogP contribution is 2.27. The number of carbonyl (C=O) groups is 2. The first kappa shape index (κ1) is 31.9. The van der Waals surface area contributed by atoms with E-state index in [9.17, 15) is 18.0 Å². The van der Waals surface area contributed by atoms with Crippen LogP contribution in [0.15, 0.2) is 77.7 Å². The molecule has 43 heavy (non-hydrogen) atoms. The number of anilines is 1. The standard InChI is InChI=1S/C33H41N3O6S/c1-5-31(33(38)34-26-10-6-7-11-26)35(22-25-9-8-12-29(21-25)42-4)32(37)23-36(27-15-17-28(41-3)18-16-27)43(39,40)30-19-13-24(2)14-20-30/h8-9,12-21,26,31H,5-7,10-11,22-23H2,1-4H3,(H,34,38). The topological polar surface area (TPSA) is 105 Å². The van der Waals surface area contributed by atoms with Crippen LogP contribution in [0.25, 0.3) is 0 Å². The van der Waals surface area contributed by atoms with Crippen molar-refractivity contribution < 1.29 is 27.5 Å². The Morgan fingerprint density at radius 1 is 0.930 bits per heavy atom. The maximum atomic E-state index is 14.3. The molecule has 3 aromatic carbocycles. The van der Waals surface area contributed by atoms with Gasteiger partial charge in [0.15, 0.2) is 0 Å². The molecule has 1 aliphatic carbocycles. The van der Waals surface area contributed by atoms with Crippen molar-refractivity contribution >= 4 is 27.5 Å². The number of aryl methyl sites for hydroxylation is 1. The van der Waals surface area contributed by atoms with Gasteiger partial charge in [0.25, 0.3) is 10.0 Å². The predicted molar refractivity (Wildman–Crippen MR) is 167 cm³/mol. The maximum absolute atomic E-state index is 14.3. The summed E-state index contributed by atoms with van der Waals surface area (Å²) in [5.74, 6) is 0.443. The van der Waals surface area contributed by atoms with Crippen LogP contribution in [0.2, 0.25) is 0 Å². The van der Waals surface area contributed by atoms with Crippen molar-refractivity contribution in [1.29, 1.82) is 0 Å². The summed E-state index contributed by atoms with van der Waals surface area (Å²) in [5.41, 5.74) is 1.98. The third-order valence-electron chi connectivity index (χ3n) is 7.82. The van der Waals surface area contributed by atoms with Crippen molar-refractivity contribution in [2.24, 2.45) is 0 Å². The first-order valence-corrected chi connectivity index (χ1v) is 16.1. The molecular weight excluding hydrogens is 566 g/mol. The van der Waals surface area contributed by atoms with Crippen LogP contribution in [0.3, 0.4) is 0 Å². The summed E-state index contributed by atoms with van der Waals surface area (Å²) in [6, 6.07) is 19.6. The van der Waals surface area contributed by atoms with Gasteiger partial charge in [0.2, 0.25) is 11.8 Å². The van der Waals surface area contributed by atoms with Crippen molar-refractivity contribution in [2.75, 3.05) is 25.1 Å². The average Bonchev–Trinajstić information content (AvgIpc) is 3.53. The second-order valence-corrected chi connectivity index (χ2v) is 12.7. The molecule has 1 fully saturated rings. The fraction of sp³-hybridized carbons (Fsp3) is 0.394. The molecule has 1 aliphatic rings. The van der Waals surface area contributed by atoms with E-state index >= 15 is 0 Å². The number of methoxy groups -OCH3 is 2. The van der Waals surface area contributed by atoms with Gasteiger partial charge < -0.3 is 19.7 Å². The van der Waals surface area contributed by atoms with E-state index in [1.807, 2.05) is 32.0 Å². The van der Waals surface area contributed by atoms with E-state index in [1.54, 1.807) is 49.6 Å². The van der Waals surface area contributed by atoms with Gasteiger partial charge in [-0.1, -0.05) is 49.6 Å². The summed E-state index contributed by atoms with van der Waals surface area (Å²) in [4.78, 5) is 29.4. The molecule has 9 nitrogen and oxygen atoms in total. The van der Waals surface area contributed by atoms with Crippen molar-refractivity contribution in [3.05, 3.63) is 83.9 Å². The number of carbonyl (C=O) groups excluding carboxylic acids is 2. The van der Waals surface area contributed by atoms with E-state index in [2.05, 4.69) is 5.32 Å². The van der Waals surface area contributed by atoms with Crippen LogP contribution in [0.1, 0.15) is 50.2 Å². The summed E-state index contributed by atoms with van der Waals surface area (Å²) >= 11 is 0. The first-order chi connectivity index (χ1) is 20.7. The van der Waals surface area contributed by atoms with Gasteiger partial charge in [-0.15, -0.1) is 0 Å². The van der Waals surface area contributed by atoms with Crippen LogP contribution >= 0.6 is 0 Å². The van der Waals surface area contributed by atoms with E-state index in [0.29, 0.717) is 23.6 Å². The van der Waals surface area contributed by atoms with Gasteiger partial charge in [0.05, 0.1) is 24.8 Å². The molecule has 1 N–H and O–H groups in total. The Morgan fingerprint density at radius 3 is 2.19 bits per heavy atom. The first-order valence-electron chi connectivity index (χ1n) is 14.6. The number of sulfonamides is 1. The van der Waals surface area contributed by atoms with Crippen LogP contribution in [-0.2, 0) is 26.2 Å². The molecule has 1 atom stereocenters. The minimum absolute atomic E-state index is 0.0621. The lowest BCUT2D eigenvalue weighted by molar-refractivity contribution is -0.140. The number of rotatable bonds is 13.